The molecule has 0 radical (unpaired) electrons. The first-order valence-corrected chi connectivity index (χ1v) is 6.25. The number of carbonyl (C=O) groups is 1. The van der Waals surface area contributed by atoms with Gasteiger partial charge < -0.3 is 16.0 Å². The second-order valence-electron chi connectivity index (χ2n) is 4.09. The highest BCUT2D eigenvalue weighted by Crippen LogP contribution is 2.23. The van der Waals surface area contributed by atoms with Gasteiger partial charge >= 0.3 is 4.87 Å². The number of H-pyrrole nitrogens is 1. The number of carbonyl (C=O) groups excluding carboxylic acids is 1. The summed E-state index contributed by atoms with van der Waals surface area (Å²) in [6, 6.07) is -0.0125. The Labute approximate surface area is 97.1 Å². The number of rotatable bonds is 3. The first-order valence-electron chi connectivity index (χ1n) is 5.37. The average molecular weight is 241 g/mol. The lowest BCUT2D eigenvalue weighted by molar-refractivity contribution is -0.125. The topological polar surface area (TPSA) is 88.0 Å². The predicted octanol–water partition coefficient (Wildman–Crippen LogP) is 0.180. The van der Waals surface area contributed by atoms with Crippen LogP contribution in [0.5, 0.6) is 0 Å². The highest BCUT2D eigenvalue weighted by atomic mass is 32.1. The molecule has 0 saturated heterocycles. The zero-order valence-corrected chi connectivity index (χ0v) is 9.68. The van der Waals surface area contributed by atoms with E-state index < -0.39 is 0 Å². The number of aromatic nitrogens is 1. The lowest BCUT2D eigenvalue weighted by Crippen LogP contribution is -2.38. The van der Waals surface area contributed by atoms with Crippen LogP contribution in [0.2, 0.25) is 0 Å². The molecule has 2 rings (SSSR count). The SMILES string of the molecule is NC1CCCC1C(=O)NCc1csc(=O)[nH]1. The molecule has 1 amide bonds. The standard InChI is InChI=1S/C10H15N3O2S/c11-8-3-1-2-7(8)9(14)12-4-6-5-16-10(15)13-6/h5,7-8H,1-4,11H2,(H,12,14)(H,13,15). The molecule has 1 aromatic rings. The molecule has 1 fully saturated rings. The van der Waals surface area contributed by atoms with Crippen molar-refractivity contribution in [3.63, 3.8) is 0 Å². The van der Waals surface area contributed by atoms with Gasteiger partial charge in [-0.15, -0.1) is 0 Å². The first kappa shape index (κ1) is 11.3. The van der Waals surface area contributed by atoms with Crippen molar-refractivity contribution in [2.45, 2.75) is 31.8 Å². The lowest BCUT2D eigenvalue weighted by Gasteiger charge is -2.14. The van der Waals surface area contributed by atoms with Crippen LogP contribution in [0.4, 0.5) is 0 Å². The Balaban J connectivity index is 1.86. The maximum absolute atomic E-state index is 11.8. The lowest BCUT2D eigenvalue weighted by atomic mass is 10.0. The molecule has 16 heavy (non-hydrogen) atoms. The van der Waals surface area contributed by atoms with Gasteiger partial charge in [0, 0.05) is 17.1 Å². The van der Waals surface area contributed by atoms with Crippen molar-refractivity contribution in [3.8, 4) is 0 Å². The van der Waals surface area contributed by atoms with Gasteiger partial charge in [0.05, 0.1) is 12.5 Å². The van der Waals surface area contributed by atoms with Crippen molar-refractivity contribution in [2.24, 2.45) is 11.7 Å². The van der Waals surface area contributed by atoms with E-state index >= 15 is 0 Å². The Kier molecular flexibility index (Phi) is 3.40. The molecule has 5 nitrogen and oxygen atoms in total. The Bertz CT molecular complexity index is 426. The van der Waals surface area contributed by atoms with E-state index in [2.05, 4.69) is 10.3 Å². The summed E-state index contributed by atoms with van der Waals surface area (Å²) < 4.78 is 0. The molecule has 1 heterocycles. The summed E-state index contributed by atoms with van der Waals surface area (Å²) in [7, 11) is 0. The summed E-state index contributed by atoms with van der Waals surface area (Å²) in [6.07, 6.45) is 2.81. The summed E-state index contributed by atoms with van der Waals surface area (Å²) in [4.78, 5) is 25.2. The van der Waals surface area contributed by atoms with E-state index in [1.54, 1.807) is 5.38 Å². The molecular weight excluding hydrogens is 226 g/mol. The van der Waals surface area contributed by atoms with Crippen molar-refractivity contribution >= 4 is 17.2 Å². The van der Waals surface area contributed by atoms with Gasteiger partial charge in [0.2, 0.25) is 5.91 Å². The molecule has 4 N–H and O–H groups in total. The van der Waals surface area contributed by atoms with E-state index in [9.17, 15) is 9.59 Å². The highest BCUT2D eigenvalue weighted by molar-refractivity contribution is 7.07. The molecule has 0 aliphatic heterocycles. The number of hydrogen-bond acceptors (Lipinski definition) is 4. The zero-order valence-electron chi connectivity index (χ0n) is 8.86. The van der Waals surface area contributed by atoms with Crippen molar-refractivity contribution in [2.75, 3.05) is 0 Å². The van der Waals surface area contributed by atoms with Crippen LogP contribution in [-0.4, -0.2) is 16.9 Å². The monoisotopic (exact) mass is 241 g/mol. The van der Waals surface area contributed by atoms with Crippen LogP contribution in [0.25, 0.3) is 0 Å². The van der Waals surface area contributed by atoms with Crippen molar-refractivity contribution in [3.05, 3.63) is 20.7 Å². The Morgan fingerprint density at radius 2 is 2.44 bits per heavy atom. The Morgan fingerprint density at radius 3 is 3.00 bits per heavy atom. The molecule has 6 heteroatoms. The number of nitrogens with two attached hydrogens (primary N) is 1. The van der Waals surface area contributed by atoms with Gasteiger partial charge in [-0.3, -0.25) is 9.59 Å². The fraction of sp³-hybridized carbons (Fsp3) is 0.600. The predicted molar refractivity (Wildman–Crippen MR) is 62.1 cm³/mol. The third kappa shape index (κ3) is 2.51. The van der Waals surface area contributed by atoms with Crippen LogP contribution in [0.15, 0.2) is 10.2 Å². The zero-order chi connectivity index (χ0) is 11.5. The molecule has 88 valence electrons. The first-order chi connectivity index (χ1) is 7.66. The maximum atomic E-state index is 11.8. The normalized spacial score (nSPS) is 24.6. The Morgan fingerprint density at radius 1 is 1.62 bits per heavy atom. The van der Waals surface area contributed by atoms with Crippen molar-refractivity contribution in [1.29, 1.82) is 0 Å². The van der Waals surface area contributed by atoms with Crippen LogP contribution in [0, 0.1) is 5.92 Å². The molecular formula is C10H15N3O2S. The maximum Gasteiger partial charge on any atom is 0.304 e. The van der Waals surface area contributed by atoms with Gasteiger partial charge in [-0.1, -0.05) is 17.8 Å². The summed E-state index contributed by atoms with van der Waals surface area (Å²) in [5.41, 5.74) is 6.58. The number of nitrogens with one attached hydrogen (secondary N) is 2. The molecule has 0 spiro atoms. The van der Waals surface area contributed by atoms with E-state index in [4.69, 9.17) is 5.73 Å². The average Bonchev–Trinajstić information content (AvgIpc) is 2.84. The third-order valence-corrected chi connectivity index (χ3v) is 3.65. The summed E-state index contributed by atoms with van der Waals surface area (Å²) in [5, 5.41) is 4.52. The molecule has 0 aromatic carbocycles. The van der Waals surface area contributed by atoms with Gasteiger partial charge in [-0.2, -0.15) is 0 Å². The van der Waals surface area contributed by atoms with Gasteiger partial charge in [-0.25, -0.2) is 0 Å². The molecule has 1 aromatic heterocycles. The van der Waals surface area contributed by atoms with Crippen LogP contribution in [0.1, 0.15) is 25.0 Å². The minimum Gasteiger partial charge on any atom is -0.350 e. The van der Waals surface area contributed by atoms with E-state index in [0.29, 0.717) is 6.54 Å². The molecule has 1 saturated carbocycles. The molecule has 1 aliphatic rings. The van der Waals surface area contributed by atoms with Crippen LogP contribution in [0.3, 0.4) is 0 Å². The van der Waals surface area contributed by atoms with Gasteiger partial charge in [0.15, 0.2) is 0 Å². The van der Waals surface area contributed by atoms with E-state index in [1.807, 2.05) is 0 Å². The fourth-order valence-electron chi connectivity index (χ4n) is 2.03. The Hall–Kier alpha value is -1.14. The third-order valence-electron chi connectivity index (χ3n) is 2.93. The highest BCUT2D eigenvalue weighted by Gasteiger charge is 2.29. The molecule has 0 bridgehead atoms. The van der Waals surface area contributed by atoms with Gasteiger partial charge in [-0.05, 0) is 12.8 Å². The molecule has 1 aliphatic carbocycles. The molecule has 2 atom stereocenters. The van der Waals surface area contributed by atoms with Crippen LogP contribution >= 0.6 is 11.3 Å². The second-order valence-corrected chi connectivity index (χ2v) is 4.93. The van der Waals surface area contributed by atoms with Crippen LogP contribution in [-0.2, 0) is 11.3 Å². The van der Waals surface area contributed by atoms with E-state index in [-0.39, 0.29) is 22.7 Å². The van der Waals surface area contributed by atoms with Crippen LogP contribution < -0.4 is 15.9 Å². The summed E-state index contributed by atoms with van der Waals surface area (Å²) >= 11 is 1.10. The summed E-state index contributed by atoms with van der Waals surface area (Å²) in [5.74, 6) is -0.0672. The number of hydrogen-bond donors (Lipinski definition) is 3. The summed E-state index contributed by atoms with van der Waals surface area (Å²) in [6.45, 7) is 0.376. The fourth-order valence-corrected chi connectivity index (χ4v) is 2.61. The van der Waals surface area contributed by atoms with Crippen molar-refractivity contribution in [1.82, 2.24) is 10.3 Å². The van der Waals surface area contributed by atoms with Crippen molar-refractivity contribution < 1.29 is 4.79 Å². The molecule has 2 unspecified atom stereocenters. The largest absolute Gasteiger partial charge is 0.350 e. The smallest absolute Gasteiger partial charge is 0.304 e. The quantitative estimate of drug-likeness (QED) is 0.705. The van der Waals surface area contributed by atoms with E-state index in [0.717, 1.165) is 36.3 Å². The van der Waals surface area contributed by atoms with Gasteiger partial charge in [0.25, 0.3) is 0 Å². The second kappa shape index (κ2) is 4.80. The number of aromatic amines is 1. The van der Waals surface area contributed by atoms with Gasteiger partial charge in [0.1, 0.15) is 0 Å². The minimum atomic E-state index is -0.0955. The van der Waals surface area contributed by atoms with E-state index in [1.165, 1.54) is 0 Å². The minimum absolute atomic E-state index is 0.00273. The number of amides is 1. The number of thiazole rings is 1.